The maximum absolute atomic E-state index is 13.5. The van der Waals surface area contributed by atoms with Gasteiger partial charge in [0.2, 0.25) is 5.91 Å². The summed E-state index contributed by atoms with van der Waals surface area (Å²) in [4.78, 5) is 15.0. The van der Waals surface area contributed by atoms with Crippen LogP contribution in [0.1, 0.15) is 24.8 Å². The summed E-state index contributed by atoms with van der Waals surface area (Å²) >= 11 is 0. The van der Waals surface area contributed by atoms with Gasteiger partial charge in [0.25, 0.3) is 10.0 Å². The molecule has 0 saturated heterocycles. The third-order valence-corrected chi connectivity index (χ3v) is 4.60. The van der Waals surface area contributed by atoms with Gasteiger partial charge in [-0.1, -0.05) is 6.92 Å². The molecular weight excluding hydrogens is 326 g/mol. The standard InChI is InChI=1S/C15H14F2N2O3S/c1-10(11-4-6-18-7-5-11)8-15(20)19-23(21,22)14-3-2-12(16)9-13(14)17/h2-7,9-10H,8H2,1H3,(H,19,20). The van der Waals surface area contributed by atoms with E-state index in [1.165, 1.54) is 0 Å². The van der Waals surface area contributed by atoms with Crippen LogP contribution < -0.4 is 4.72 Å². The van der Waals surface area contributed by atoms with Crippen molar-refractivity contribution in [1.82, 2.24) is 9.71 Å². The minimum atomic E-state index is -4.39. The van der Waals surface area contributed by atoms with E-state index in [1.54, 1.807) is 36.2 Å². The van der Waals surface area contributed by atoms with Crippen LogP contribution in [0.4, 0.5) is 8.78 Å². The molecule has 2 rings (SSSR count). The van der Waals surface area contributed by atoms with Crippen LogP contribution in [0.15, 0.2) is 47.6 Å². The van der Waals surface area contributed by atoms with Gasteiger partial charge in [-0.15, -0.1) is 0 Å². The highest BCUT2D eigenvalue weighted by atomic mass is 32.2. The van der Waals surface area contributed by atoms with Gasteiger partial charge in [-0.3, -0.25) is 9.78 Å². The van der Waals surface area contributed by atoms with Crippen molar-refractivity contribution in [3.8, 4) is 0 Å². The zero-order chi connectivity index (χ0) is 17.0. The summed E-state index contributed by atoms with van der Waals surface area (Å²) in [6, 6.07) is 5.45. The largest absolute Gasteiger partial charge is 0.274 e. The number of amides is 1. The molecule has 1 atom stereocenters. The zero-order valence-electron chi connectivity index (χ0n) is 12.2. The quantitative estimate of drug-likeness (QED) is 0.906. The first kappa shape index (κ1) is 17.0. The first-order valence-electron chi connectivity index (χ1n) is 6.70. The van der Waals surface area contributed by atoms with Crippen LogP contribution in [-0.4, -0.2) is 19.3 Å². The van der Waals surface area contributed by atoms with Crippen molar-refractivity contribution in [2.45, 2.75) is 24.2 Å². The molecule has 1 amide bonds. The molecule has 1 unspecified atom stereocenters. The highest BCUT2D eigenvalue weighted by Gasteiger charge is 2.23. The minimum absolute atomic E-state index is 0.105. The van der Waals surface area contributed by atoms with Crippen LogP contribution in [-0.2, 0) is 14.8 Å². The monoisotopic (exact) mass is 340 g/mol. The summed E-state index contributed by atoms with van der Waals surface area (Å²) in [6.45, 7) is 1.75. The molecule has 1 aromatic carbocycles. The molecule has 0 bridgehead atoms. The summed E-state index contributed by atoms with van der Waals surface area (Å²) in [5.74, 6) is -3.18. The van der Waals surface area contributed by atoms with Crippen LogP contribution in [0.3, 0.4) is 0 Å². The summed E-state index contributed by atoms with van der Waals surface area (Å²) in [6.07, 6.45) is 3.02. The summed E-state index contributed by atoms with van der Waals surface area (Å²) in [5, 5.41) is 0. The second kappa shape index (κ2) is 6.82. The molecule has 8 heteroatoms. The second-order valence-electron chi connectivity index (χ2n) is 4.99. The highest BCUT2D eigenvalue weighted by molar-refractivity contribution is 7.90. The molecule has 0 aliphatic rings. The number of rotatable bonds is 5. The summed E-state index contributed by atoms with van der Waals surface area (Å²) < 4.78 is 52.1. The fraction of sp³-hybridized carbons (Fsp3) is 0.200. The molecule has 2 aromatic rings. The molecule has 1 heterocycles. The molecule has 0 aliphatic heterocycles. The average molecular weight is 340 g/mol. The number of benzene rings is 1. The Morgan fingerprint density at radius 1 is 1.22 bits per heavy atom. The van der Waals surface area contributed by atoms with Gasteiger partial charge >= 0.3 is 0 Å². The van der Waals surface area contributed by atoms with E-state index in [0.717, 1.165) is 17.7 Å². The predicted octanol–water partition coefficient (Wildman–Crippen LogP) is 2.36. The molecule has 0 spiro atoms. The van der Waals surface area contributed by atoms with E-state index in [0.29, 0.717) is 6.07 Å². The van der Waals surface area contributed by atoms with Crippen LogP contribution in [0.2, 0.25) is 0 Å². The lowest BCUT2D eigenvalue weighted by molar-refractivity contribution is -0.119. The SMILES string of the molecule is CC(CC(=O)NS(=O)(=O)c1ccc(F)cc1F)c1ccncc1. The normalized spacial score (nSPS) is 12.7. The molecule has 1 aromatic heterocycles. The van der Waals surface area contributed by atoms with Crippen molar-refractivity contribution >= 4 is 15.9 Å². The molecule has 5 nitrogen and oxygen atoms in total. The molecule has 122 valence electrons. The Bertz CT molecular complexity index is 811. The highest BCUT2D eigenvalue weighted by Crippen LogP contribution is 2.19. The van der Waals surface area contributed by atoms with Gasteiger partial charge in [-0.25, -0.2) is 21.9 Å². The molecular formula is C15H14F2N2O3S. The van der Waals surface area contributed by atoms with Crippen LogP contribution in [0, 0.1) is 11.6 Å². The van der Waals surface area contributed by atoms with Gasteiger partial charge < -0.3 is 0 Å². The Kier molecular flexibility index (Phi) is 5.05. The molecule has 0 fully saturated rings. The number of nitrogens with zero attached hydrogens (tertiary/aromatic N) is 1. The zero-order valence-corrected chi connectivity index (χ0v) is 13.0. The Morgan fingerprint density at radius 3 is 2.48 bits per heavy atom. The van der Waals surface area contributed by atoms with Crippen LogP contribution in [0.5, 0.6) is 0 Å². The van der Waals surface area contributed by atoms with Crippen molar-refractivity contribution in [2.75, 3.05) is 0 Å². The van der Waals surface area contributed by atoms with Crippen LogP contribution in [0.25, 0.3) is 0 Å². The third-order valence-electron chi connectivity index (χ3n) is 3.20. The molecule has 0 radical (unpaired) electrons. The Hall–Kier alpha value is -2.35. The topological polar surface area (TPSA) is 76.1 Å². The smallest absolute Gasteiger partial charge is 0.266 e. The number of hydrogen-bond donors (Lipinski definition) is 1. The van der Waals surface area contributed by atoms with E-state index in [2.05, 4.69) is 4.98 Å². The van der Waals surface area contributed by atoms with Crippen molar-refractivity contribution in [2.24, 2.45) is 0 Å². The lowest BCUT2D eigenvalue weighted by Crippen LogP contribution is -2.31. The number of sulfonamides is 1. The Labute approximate surface area is 132 Å². The van der Waals surface area contributed by atoms with E-state index in [4.69, 9.17) is 0 Å². The van der Waals surface area contributed by atoms with E-state index < -0.39 is 32.5 Å². The maximum atomic E-state index is 13.5. The summed E-state index contributed by atoms with van der Waals surface area (Å²) in [5.41, 5.74) is 0.820. The minimum Gasteiger partial charge on any atom is -0.274 e. The van der Waals surface area contributed by atoms with E-state index >= 15 is 0 Å². The lowest BCUT2D eigenvalue weighted by atomic mass is 9.99. The first-order valence-corrected chi connectivity index (χ1v) is 8.18. The molecule has 0 saturated carbocycles. The number of carbonyl (C=O) groups is 1. The van der Waals surface area contributed by atoms with E-state index in [-0.39, 0.29) is 12.3 Å². The van der Waals surface area contributed by atoms with Crippen molar-refractivity contribution in [1.29, 1.82) is 0 Å². The molecule has 23 heavy (non-hydrogen) atoms. The predicted molar refractivity (Wildman–Crippen MR) is 79.0 cm³/mol. The molecule has 1 N–H and O–H groups in total. The number of pyridine rings is 1. The van der Waals surface area contributed by atoms with Gasteiger partial charge in [0.15, 0.2) is 0 Å². The number of carbonyl (C=O) groups excluding carboxylic acids is 1. The van der Waals surface area contributed by atoms with Gasteiger partial charge in [-0.2, -0.15) is 0 Å². The number of nitrogens with one attached hydrogen (secondary N) is 1. The number of halogens is 2. The number of hydrogen-bond acceptors (Lipinski definition) is 4. The molecule has 0 aliphatic carbocycles. The second-order valence-corrected chi connectivity index (χ2v) is 6.64. The van der Waals surface area contributed by atoms with E-state index in [9.17, 15) is 22.0 Å². The Balaban J connectivity index is 2.10. The lowest BCUT2D eigenvalue weighted by Gasteiger charge is -2.12. The third kappa shape index (κ3) is 4.32. The van der Waals surface area contributed by atoms with Gasteiger partial charge in [-0.05, 0) is 35.7 Å². The fourth-order valence-electron chi connectivity index (χ4n) is 2.03. The Morgan fingerprint density at radius 2 is 1.87 bits per heavy atom. The summed E-state index contributed by atoms with van der Waals surface area (Å²) in [7, 11) is -4.39. The van der Waals surface area contributed by atoms with Crippen LogP contribution >= 0.6 is 0 Å². The fourth-order valence-corrected chi connectivity index (χ4v) is 3.08. The van der Waals surface area contributed by atoms with Crippen molar-refractivity contribution < 1.29 is 22.0 Å². The van der Waals surface area contributed by atoms with E-state index in [1.807, 2.05) is 0 Å². The van der Waals surface area contributed by atoms with Gasteiger partial charge in [0.05, 0.1) is 0 Å². The average Bonchev–Trinajstić information content (AvgIpc) is 2.46. The van der Waals surface area contributed by atoms with Crippen molar-refractivity contribution in [3.63, 3.8) is 0 Å². The first-order chi connectivity index (χ1) is 10.8. The number of aromatic nitrogens is 1. The van der Waals surface area contributed by atoms with Gasteiger partial charge in [0, 0.05) is 24.9 Å². The maximum Gasteiger partial charge on any atom is 0.266 e. The van der Waals surface area contributed by atoms with Gasteiger partial charge in [0.1, 0.15) is 16.5 Å². The van der Waals surface area contributed by atoms with Crippen molar-refractivity contribution in [3.05, 3.63) is 59.9 Å².